The van der Waals surface area contributed by atoms with Crippen molar-refractivity contribution in [3.8, 4) is 6.07 Å². The first kappa shape index (κ1) is 10.8. The fourth-order valence-corrected chi connectivity index (χ4v) is 3.44. The first-order chi connectivity index (χ1) is 8.35. The number of nitrogens with one attached hydrogen (secondary N) is 1. The number of nitriles is 1. The van der Waals surface area contributed by atoms with Gasteiger partial charge in [-0.3, -0.25) is 0 Å². The Morgan fingerprint density at radius 1 is 1.18 bits per heavy atom. The number of hydrogen-bond donors (Lipinski definition) is 1. The molecule has 0 spiro atoms. The van der Waals surface area contributed by atoms with E-state index in [4.69, 9.17) is 5.26 Å². The number of rotatable bonds is 3. The molecule has 3 atom stereocenters. The lowest BCUT2D eigenvalue weighted by molar-refractivity contribution is 0.351. The van der Waals surface area contributed by atoms with Gasteiger partial charge in [0.25, 0.3) is 0 Å². The predicted molar refractivity (Wildman–Crippen MR) is 67.2 cm³/mol. The van der Waals surface area contributed by atoms with E-state index in [0.29, 0.717) is 0 Å². The molecule has 1 N–H and O–H groups in total. The van der Waals surface area contributed by atoms with E-state index in [9.17, 15) is 0 Å². The molecule has 17 heavy (non-hydrogen) atoms. The van der Waals surface area contributed by atoms with E-state index in [0.717, 1.165) is 30.0 Å². The average molecular weight is 226 g/mol. The zero-order valence-electron chi connectivity index (χ0n) is 10.0. The fourth-order valence-electron chi connectivity index (χ4n) is 3.44. The molecule has 2 aliphatic carbocycles. The summed E-state index contributed by atoms with van der Waals surface area (Å²) in [7, 11) is 0. The highest BCUT2D eigenvalue weighted by molar-refractivity contribution is 5.31. The summed E-state index contributed by atoms with van der Waals surface area (Å²) in [6.07, 6.45) is 5.71. The van der Waals surface area contributed by atoms with Gasteiger partial charge in [-0.1, -0.05) is 18.6 Å². The van der Waals surface area contributed by atoms with Crippen molar-refractivity contribution in [1.82, 2.24) is 5.32 Å². The third-order valence-corrected chi connectivity index (χ3v) is 4.39. The van der Waals surface area contributed by atoms with Crippen LogP contribution in [0, 0.1) is 23.2 Å². The van der Waals surface area contributed by atoms with Crippen molar-refractivity contribution in [2.45, 2.75) is 38.3 Å². The van der Waals surface area contributed by atoms with Crippen LogP contribution in [0.4, 0.5) is 0 Å². The van der Waals surface area contributed by atoms with Gasteiger partial charge < -0.3 is 5.32 Å². The molecule has 2 fully saturated rings. The predicted octanol–water partition coefficient (Wildman–Crippen LogP) is 2.84. The van der Waals surface area contributed by atoms with Crippen LogP contribution >= 0.6 is 0 Å². The van der Waals surface area contributed by atoms with E-state index in [2.05, 4.69) is 23.5 Å². The SMILES string of the molecule is N#Cc1ccc(CNC2CC3CCC2C3)cc1. The summed E-state index contributed by atoms with van der Waals surface area (Å²) in [4.78, 5) is 0. The minimum absolute atomic E-state index is 0.740. The Hall–Kier alpha value is -1.33. The normalized spacial score (nSPS) is 30.4. The second kappa shape index (κ2) is 4.50. The zero-order chi connectivity index (χ0) is 11.7. The van der Waals surface area contributed by atoms with Crippen LogP contribution in [0.15, 0.2) is 24.3 Å². The Kier molecular flexibility index (Phi) is 2.86. The van der Waals surface area contributed by atoms with Crippen molar-refractivity contribution in [2.75, 3.05) is 0 Å². The maximum absolute atomic E-state index is 8.74. The quantitative estimate of drug-likeness (QED) is 0.860. The Morgan fingerprint density at radius 2 is 2.00 bits per heavy atom. The van der Waals surface area contributed by atoms with E-state index >= 15 is 0 Å². The molecule has 88 valence electrons. The first-order valence-electron chi connectivity index (χ1n) is 6.57. The van der Waals surface area contributed by atoms with Crippen LogP contribution in [0.25, 0.3) is 0 Å². The monoisotopic (exact) mass is 226 g/mol. The molecule has 0 amide bonds. The number of fused-ring (bicyclic) bond motifs is 2. The van der Waals surface area contributed by atoms with Crippen LogP contribution in [-0.2, 0) is 6.54 Å². The van der Waals surface area contributed by atoms with E-state index in [1.54, 1.807) is 0 Å². The largest absolute Gasteiger partial charge is 0.310 e. The van der Waals surface area contributed by atoms with Crippen LogP contribution in [0.2, 0.25) is 0 Å². The highest BCUT2D eigenvalue weighted by Crippen LogP contribution is 2.44. The van der Waals surface area contributed by atoms with Gasteiger partial charge in [-0.2, -0.15) is 5.26 Å². The molecule has 0 saturated heterocycles. The third kappa shape index (κ3) is 2.21. The lowest BCUT2D eigenvalue weighted by Crippen LogP contribution is -2.33. The standard InChI is InChI=1S/C15H18N2/c16-9-11-1-3-12(4-2-11)10-17-15-8-13-5-6-14(15)7-13/h1-4,13-15,17H,5-8,10H2. The second-order valence-corrected chi connectivity index (χ2v) is 5.47. The number of benzene rings is 1. The Labute approximate surface area is 103 Å². The summed E-state index contributed by atoms with van der Waals surface area (Å²) in [5.41, 5.74) is 2.03. The summed E-state index contributed by atoms with van der Waals surface area (Å²) in [6, 6.07) is 10.8. The molecule has 3 unspecified atom stereocenters. The molecular formula is C15H18N2. The molecule has 0 heterocycles. The first-order valence-corrected chi connectivity index (χ1v) is 6.57. The molecule has 2 heteroatoms. The summed E-state index contributed by atoms with van der Waals surface area (Å²) >= 11 is 0. The maximum Gasteiger partial charge on any atom is 0.0991 e. The van der Waals surface area contributed by atoms with Gasteiger partial charge in [0.2, 0.25) is 0 Å². The summed E-state index contributed by atoms with van der Waals surface area (Å²) in [6.45, 7) is 0.944. The smallest absolute Gasteiger partial charge is 0.0991 e. The topological polar surface area (TPSA) is 35.8 Å². The molecule has 0 aromatic heterocycles. The van der Waals surface area contributed by atoms with Crippen LogP contribution in [-0.4, -0.2) is 6.04 Å². The van der Waals surface area contributed by atoms with Gasteiger partial charge in [0.1, 0.15) is 0 Å². The molecule has 2 nitrogen and oxygen atoms in total. The van der Waals surface area contributed by atoms with Gasteiger partial charge in [-0.05, 0) is 48.8 Å². The minimum atomic E-state index is 0.740. The van der Waals surface area contributed by atoms with E-state index in [1.807, 2.05) is 12.1 Å². The summed E-state index contributed by atoms with van der Waals surface area (Å²) < 4.78 is 0. The lowest BCUT2D eigenvalue weighted by atomic mass is 9.95. The molecule has 2 saturated carbocycles. The van der Waals surface area contributed by atoms with Crippen LogP contribution < -0.4 is 5.32 Å². The van der Waals surface area contributed by atoms with E-state index < -0.39 is 0 Å². The van der Waals surface area contributed by atoms with Crippen LogP contribution in [0.5, 0.6) is 0 Å². The van der Waals surface area contributed by atoms with Crippen LogP contribution in [0.1, 0.15) is 36.8 Å². The Bertz CT molecular complexity index is 429. The van der Waals surface area contributed by atoms with Gasteiger partial charge in [0, 0.05) is 12.6 Å². The molecule has 0 radical (unpaired) electrons. The number of nitrogens with zero attached hydrogens (tertiary/aromatic N) is 1. The van der Waals surface area contributed by atoms with Crippen molar-refractivity contribution in [2.24, 2.45) is 11.8 Å². The second-order valence-electron chi connectivity index (χ2n) is 5.47. The molecule has 3 rings (SSSR count). The molecule has 0 aliphatic heterocycles. The molecule has 2 aliphatic rings. The summed E-state index contributed by atoms with van der Waals surface area (Å²) in [5, 5.41) is 12.4. The molecule has 2 bridgehead atoms. The third-order valence-electron chi connectivity index (χ3n) is 4.39. The maximum atomic E-state index is 8.74. The van der Waals surface area contributed by atoms with Crippen molar-refractivity contribution in [3.63, 3.8) is 0 Å². The van der Waals surface area contributed by atoms with E-state index in [-0.39, 0.29) is 0 Å². The van der Waals surface area contributed by atoms with Crippen molar-refractivity contribution in [1.29, 1.82) is 5.26 Å². The van der Waals surface area contributed by atoms with Crippen molar-refractivity contribution < 1.29 is 0 Å². The van der Waals surface area contributed by atoms with Crippen molar-refractivity contribution in [3.05, 3.63) is 35.4 Å². The summed E-state index contributed by atoms with van der Waals surface area (Å²) in [5.74, 6) is 1.93. The lowest BCUT2D eigenvalue weighted by Gasteiger charge is -2.23. The van der Waals surface area contributed by atoms with Gasteiger partial charge in [-0.15, -0.1) is 0 Å². The van der Waals surface area contributed by atoms with Crippen molar-refractivity contribution >= 4 is 0 Å². The van der Waals surface area contributed by atoms with E-state index in [1.165, 1.54) is 31.2 Å². The minimum Gasteiger partial charge on any atom is -0.310 e. The zero-order valence-corrected chi connectivity index (χ0v) is 10.0. The number of hydrogen-bond acceptors (Lipinski definition) is 2. The average Bonchev–Trinajstić information content (AvgIpc) is 2.99. The Balaban J connectivity index is 1.55. The molecule has 1 aromatic rings. The van der Waals surface area contributed by atoms with Gasteiger partial charge in [-0.25, -0.2) is 0 Å². The van der Waals surface area contributed by atoms with Gasteiger partial charge in [0.05, 0.1) is 11.6 Å². The molecular weight excluding hydrogens is 208 g/mol. The van der Waals surface area contributed by atoms with Crippen LogP contribution in [0.3, 0.4) is 0 Å². The fraction of sp³-hybridized carbons (Fsp3) is 0.533. The molecule has 1 aromatic carbocycles. The van der Waals surface area contributed by atoms with Gasteiger partial charge >= 0.3 is 0 Å². The Morgan fingerprint density at radius 3 is 2.59 bits per heavy atom. The highest BCUT2D eigenvalue weighted by Gasteiger charge is 2.38. The van der Waals surface area contributed by atoms with Gasteiger partial charge in [0.15, 0.2) is 0 Å². The highest BCUT2D eigenvalue weighted by atomic mass is 14.9.